The Labute approximate surface area is 116 Å². The van der Waals surface area contributed by atoms with Crippen molar-refractivity contribution in [2.24, 2.45) is 5.41 Å². The summed E-state index contributed by atoms with van der Waals surface area (Å²) in [6.07, 6.45) is 3.60. The SMILES string of the molecule is CCC(C)(C)C(=O)OCCS(=O)(=O)N1CCCCC1. The lowest BCUT2D eigenvalue weighted by molar-refractivity contribution is -0.153. The van der Waals surface area contributed by atoms with Crippen molar-refractivity contribution >= 4 is 16.0 Å². The average molecular weight is 291 g/mol. The van der Waals surface area contributed by atoms with Gasteiger partial charge in [0.1, 0.15) is 6.61 Å². The molecule has 5 nitrogen and oxygen atoms in total. The number of rotatable bonds is 6. The van der Waals surface area contributed by atoms with E-state index in [0.29, 0.717) is 19.5 Å². The molecule has 1 rings (SSSR count). The summed E-state index contributed by atoms with van der Waals surface area (Å²) in [5.74, 6) is -0.442. The molecule has 0 aromatic heterocycles. The van der Waals surface area contributed by atoms with Gasteiger partial charge in [0.15, 0.2) is 0 Å². The third-order valence-corrected chi connectivity index (χ3v) is 5.55. The first-order valence-corrected chi connectivity index (χ1v) is 8.55. The van der Waals surface area contributed by atoms with Gasteiger partial charge in [0.25, 0.3) is 0 Å². The molecule has 1 heterocycles. The lowest BCUT2D eigenvalue weighted by atomic mass is 9.91. The van der Waals surface area contributed by atoms with Crippen molar-refractivity contribution in [3.63, 3.8) is 0 Å². The summed E-state index contributed by atoms with van der Waals surface area (Å²) in [6.45, 7) is 6.64. The minimum Gasteiger partial charge on any atom is -0.464 e. The van der Waals surface area contributed by atoms with Crippen molar-refractivity contribution in [2.45, 2.75) is 46.5 Å². The van der Waals surface area contributed by atoms with Crippen LogP contribution in [0.25, 0.3) is 0 Å². The van der Waals surface area contributed by atoms with Crippen molar-refractivity contribution in [3.05, 3.63) is 0 Å². The van der Waals surface area contributed by atoms with E-state index >= 15 is 0 Å². The molecule has 0 amide bonds. The highest BCUT2D eigenvalue weighted by Crippen LogP contribution is 2.21. The van der Waals surface area contributed by atoms with Gasteiger partial charge in [-0.15, -0.1) is 0 Å². The smallest absolute Gasteiger partial charge is 0.311 e. The van der Waals surface area contributed by atoms with Gasteiger partial charge < -0.3 is 4.74 Å². The number of hydrogen-bond acceptors (Lipinski definition) is 4. The Balaban J connectivity index is 2.41. The molecular weight excluding hydrogens is 266 g/mol. The molecule has 0 aliphatic carbocycles. The van der Waals surface area contributed by atoms with Crippen molar-refractivity contribution in [2.75, 3.05) is 25.4 Å². The summed E-state index contributed by atoms with van der Waals surface area (Å²) in [4.78, 5) is 11.7. The maximum absolute atomic E-state index is 12.0. The van der Waals surface area contributed by atoms with Gasteiger partial charge in [-0.05, 0) is 33.1 Å². The van der Waals surface area contributed by atoms with Gasteiger partial charge in [0.05, 0.1) is 11.2 Å². The molecule has 0 aromatic carbocycles. The van der Waals surface area contributed by atoms with Crippen molar-refractivity contribution in [1.29, 1.82) is 0 Å². The maximum atomic E-state index is 12.0. The van der Waals surface area contributed by atoms with E-state index in [1.165, 1.54) is 4.31 Å². The van der Waals surface area contributed by atoms with Crippen LogP contribution in [-0.4, -0.2) is 44.1 Å². The van der Waals surface area contributed by atoms with Gasteiger partial charge in [0.2, 0.25) is 10.0 Å². The van der Waals surface area contributed by atoms with E-state index in [4.69, 9.17) is 4.74 Å². The van der Waals surface area contributed by atoms with E-state index in [1.54, 1.807) is 13.8 Å². The molecule has 1 saturated heterocycles. The molecular formula is C13H25NO4S. The average Bonchev–Trinajstić information content (AvgIpc) is 2.39. The molecule has 0 bridgehead atoms. The van der Waals surface area contributed by atoms with Crippen LogP contribution < -0.4 is 0 Å². The number of piperidine rings is 1. The molecule has 0 saturated carbocycles. The first-order valence-electron chi connectivity index (χ1n) is 6.94. The zero-order chi connectivity index (χ0) is 14.5. The van der Waals surface area contributed by atoms with Crippen molar-refractivity contribution in [1.82, 2.24) is 4.31 Å². The first kappa shape index (κ1) is 16.4. The molecule has 6 heteroatoms. The van der Waals surface area contributed by atoms with Crippen LogP contribution in [0.1, 0.15) is 46.5 Å². The number of carbonyl (C=O) groups is 1. The molecule has 0 radical (unpaired) electrons. The van der Waals surface area contributed by atoms with E-state index in [0.717, 1.165) is 19.3 Å². The number of carbonyl (C=O) groups excluding carboxylic acids is 1. The quantitative estimate of drug-likeness (QED) is 0.700. The fourth-order valence-corrected chi connectivity index (χ4v) is 3.22. The van der Waals surface area contributed by atoms with E-state index in [2.05, 4.69) is 0 Å². The van der Waals surface area contributed by atoms with Gasteiger partial charge in [-0.25, -0.2) is 12.7 Å². The van der Waals surface area contributed by atoms with Crippen molar-refractivity contribution in [3.8, 4) is 0 Å². The first-order chi connectivity index (χ1) is 8.79. The molecule has 1 fully saturated rings. The third kappa shape index (κ3) is 4.76. The Hall–Kier alpha value is -0.620. The van der Waals surface area contributed by atoms with Gasteiger partial charge >= 0.3 is 5.97 Å². The van der Waals surface area contributed by atoms with Crippen LogP contribution in [0.15, 0.2) is 0 Å². The van der Waals surface area contributed by atoms with Crippen LogP contribution >= 0.6 is 0 Å². The molecule has 0 spiro atoms. The lowest BCUT2D eigenvalue weighted by Crippen LogP contribution is -2.38. The lowest BCUT2D eigenvalue weighted by Gasteiger charge is -2.26. The zero-order valence-corrected chi connectivity index (χ0v) is 13.0. The van der Waals surface area contributed by atoms with Crippen LogP contribution in [0.4, 0.5) is 0 Å². The third-order valence-electron chi connectivity index (χ3n) is 3.72. The molecule has 0 unspecified atom stereocenters. The minimum absolute atomic E-state index is 0.0545. The Kier molecular flexibility index (Phi) is 5.80. The molecule has 0 aromatic rings. The van der Waals surface area contributed by atoms with Crippen LogP contribution in [0, 0.1) is 5.41 Å². The van der Waals surface area contributed by atoms with Gasteiger partial charge in [0, 0.05) is 13.1 Å². The largest absolute Gasteiger partial charge is 0.464 e. The monoisotopic (exact) mass is 291 g/mol. The molecule has 1 aliphatic rings. The van der Waals surface area contributed by atoms with Crippen LogP contribution in [0.5, 0.6) is 0 Å². The van der Waals surface area contributed by atoms with Crippen LogP contribution in [0.3, 0.4) is 0 Å². The molecule has 19 heavy (non-hydrogen) atoms. The Bertz CT molecular complexity index is 397. The minimum atomic E-state index is -3.28. The van der Waals surface area contributed by atoms with Crippen LogP contribution in [0.2, 0.25) is 0 Å². The second kappa shape index (κ2) is 6.70. The van der Waals surface area contributed by atoms with E-state index < -0.39 is 15.4 Å². The summed E-state index contributed by atoms with van der Waals surface area (Å²) >= 11 is 0. The molecule has 0 atom stereocenters. The van der Waals surface area contributed by atoms with Crippen LogP contribution in [-0.2, 0) is 19.6 Å². The maximum Gasteiger partial charge on any atom is 0.311 e. The summed E-state index contributed by atoms with van der Waals surface area (Å²) in [5, 5.41) is 0. The van der Waals surface area contributed by atoms with Crippen molar-refractivity contribution < 1.29 is 17.9 Å². The van der Waals surface area contributed by atoms with E-state index in [-0.39, 0.29) is 18.3 Å². The highest BCUT2D eigenvalue weighted by Gasteiger charge is 2.28. The number of nitrogens with zero attached hydrogens (tertiary/aromatic N) is 1. The normalized spacial score (nSPS) is 18.3. The predicted molar refractivity (Wildman–Crippen MR) is 74.2 cm³/mol. The van der Waals surface area contributed by atoms with Gasteiger partial charge in [-0.2, -0.15) is 0 Å². The second-order valence-corrected chi connectivity index (χ2v) is 7.74. The number of esters is 1. The standard InChI is InChI=1S/C13H25NO4S/c1-4-13(2,3)12(15)18-10-11-19(16,17)14-8-6-5-7-9-14/h4-11H2,1-3H3. The molecule has 112 valence electrons. The fraction of sp³-hybridized carbons (Fsp3) is 0.923. The Morgan fingerprint density at radius 3 is 2.32 bits per heavy atom. The summed E-state index contributed by atoms with van der Waals surface area (Å²) in [5.41, 5.74) is -0.547. The topological polar surface area (TPSA) is 63.7 Å². The zero-order valence-electron chi connectivity index (χ0n) is 12.1. The Morgan fingerprint density at radius 1 is 1.21 bits per heavy atom. The van der Waals surface area contributed by atoms with Gasteiger partial charge in [-0.3, -0.25) is 4.79 Å². The van der Waals surface area contributed by atoms with E-state index in [1.807, 2.05) is 6.92 Å². The Morgan fingerprint density at radius 2 is 1.79 bits per heavy atom. The predicted octanol–water partition coefficient (Wildman–Crippen LogP) is 1.78. The van der Waals surface area contributed by atoms with Gasteiger partial charge in [-0.1, -0.05) is 13.3 Å². The highest BCUT2D eigenvalue weighted by atomic mass is 32.2. The molecule has 0 N–H and O–H groups in total. The number of hydrogen-bond donors (Lipinski definition) is 0. The summed E-state index contributed by atoms with van der Waals surface area (Å²) < 4.78 is 30.6. The molecule has 1 aliphatic heterocycles. The van der Waals surface area contributed by atoms with E-state index in [9.17, 15) is 13.2 Å². The fourth-order valence-electron chi connectivity index (χ4n) is 1.85. The highest BCUT2D eigenvalue weighted by molar-refractivity contribution is 7.89. The number of ether oxygens (including phenoxy) is 1. The summed E-state index contributed by atoms with van der Waals surface area (Å²) in [6, 6.07) is 0. The number of sulfonamides is 1. The summed E-state index contributed by atoms with van der Waals surface area (Å²) in [7, 11) is -3.28. The second-order valence-electron chi connectivity index (χ2n) is 5.65.